The van der Waals surface area contributed by atoms with Crippen molar-refractivity contribution in [3.63, 3.8) is 0 Å². The molecular weight excluding hydrogens is 418 g/mol. The molecule has 1 aliphatic rings. The number of piperidine rings is 1. The first-order valence-electron chi connectivity index (χ1n) is 7.99. The molecule has 0 saturated carbocycles. The number of hydrogen-bond acceptors (Lipinski definition) is 3. The molecule has 1 fully saturated rings. The van der Waals surface area contributed by atoms with Gasteiger partial charge in [-0.05, 0) is 43.1 Å². The molecule has 1 heterocycles. The number of carboxylic acid groups (broad SMARTS) is 1. The number of hydrogen-bond donors (Lipinski definition) is 3. The van der Waals surface area contributed by atoms with Crippen LogP contribution in [0.1, 0.15) is 30.4 Å². The topological polar surface area (TPSA) is 78.4 Å². The summed E-state index contributed by atoms with van der Waals surface area (Å²) in [6.45, 7) is 0.766. The number of halogens is 7. The number of amides is 1. The van der Waals surface area contributed by atoms with Gasteiger partial charge >= 0.3 is 18.3 Å². The Bertz CT molecular complexity index is 688. The van der Waals surface area contributed by atoms with Crippen molar-refractivity contribution in [2.75, 3.05) is 6.54 Å². The highest BCUT2D eigenvalue weighted by atomic mass is 35.5. The molecule has 1 aromatic carbocycles. The van der Waals surface area contributed by atoms with Crippen LogP contribution in [0.3, 0.4) is 0 Å². The maximum absolute atomic E-state index is 12.6. The van der Waals surface area contributed by atoms with Crippen LogP contribution in [0.15, 0.2) is 18.2 Å². The van der Waals surface area contributed by atoms with Gasteiger partial charge in [-0.15, -0.1) is 0 Å². The summed E-state index contributed by atoms with van der Waals surface area (Å²) in [6.07, 6.45) is -6.77. The molecule has 0 bridgehead atoms. The monoisotopic (exact) mass is 434 g/mol. The highest BCUT2D eigenvalue weighted by Crippen LogP contribution is 2.31. The van der Waals surface area contributed by atoms with E-state index in [9.17, 15) is 31.1 Å². The van der Waals surface area contributed by atoms with Crippen molar-refractivity contribution in [1.29, 1.82) is 0 Å². The minimum absolute atomic E-state index is 0.0141. The third-order valence-corrected chi connectivity index (χ3v) is 4.06. The van der Waals surface area contributed by atoms with E-state index in [1.807, 2.05) is 0 Å². The van der Waals surface area contributed by atoms with E-state index >= 15 is 0 Å². The van der Waals surface area contributed by atoms with Crippen molar-refractivity contribution < 1.29 is 41.0 Å². The second-order valence-electron chi connectivity index (χ2n) is 5.83. The van der Waals surface area contributed by atoms with Crippen molar-refractivity contribution in [1.82, 2.24) is 10.6 Å². The molecule has 1 aromatic rings. The van der Waals surface area contributed by atoms with E-state index < -0.39 is 23.9 Å². The molecule has 28 heavy (non-hydrogen) atoms. The molecule has 0 radical (unpaired) electrons. The summed E-state index contributed by atoms with van der Waals surface area (Å²) in [7, 11) is 0. The SMILES string of the molecule is O=C(NCc1cc(C(F)(F)F)ccc1Cl)C1CCCCN1.O=C(O)C(F)(F)F. The summed E-state index contributed by atoms with van der Waals surface area (Å²) in [6, 6.07) is 2.82. The summed E-state index contributed by atoms with van der Waals surface area (Å²) in [5, 5.41) is 13.0. The number of carbonyl (C=O) groups excluding carboxylic acids is 1. The highest BCUT2D eigenvalue weighted by molar-refractivity contribution is 6.31. The number of nitrogens with one attached hydrogen (secondary N) is 2. The zero-order valence-corrected chi connectivity index (χ0v) is 15.0. The Hall–Kier alpha value is -2.01. The molecule has 3 N–H and O–H groups in total. The maximum atomic E-state index is 12.6. The number of benzene rings is 1. The van der Waals surface area contributed by atoms with Crippen LogP contribution in [0.5, 0.6) is 0 Å². The van der Waals surface area contributed by atoms with E-state index in [-0.39, 0.29) is 29.1 Å². The summed E-state index contributed by atoms with van der Waals surface area (Å²) >= 11 is 5.88. The molecule has 5 nitrogen and oxygen atoms in total. The molecule has 158 valence electrons. The van der Waals surface area contributed by atoms with Gasteiger partial charge in [-0.1, -0.05) is 18.0 Å². The zero-order chi connectivity index (χ0) is 21.5. The van der Waals surface area contributed by atoms with Crippen molar-refractivity contribution in [3.8, 4) is 0 Å². The number of alkyl halides is 6. The van der Waals surface area contributed by atoms with E-state index in [4.69, 9.17) is 21.5 Å². The van der Waals surface area contributed by atoms with Crippen molar-refractivity contribution >= 4 is 23.5 Å². The molecule has 1 amide bonds. The van der Waals surface area contributed by atoms with Gasteiger partial charge in [-0.2, -0.15) is 26.3 Å². The number of carbonyl (C=O) groups is 2. The van der Waals surface area contributed by atoms with Gasteiger partial charge in [0.15, 0.2) is 0 Å². The summed E-state index contributed by atoms with van der Waals surface area (Å²) in [5.41, 5.74) is -0.511. The fourth-order valence-electron chi connectivity index (χ4n) is 2.27. The van der Waals surface area contributed by atoms with Crippen molar-refractivity contribution in [2.24, 2.45) is 0 Å². The summed E-state index contributed by atoms with van der Waals surface area (Å²) in [5.74, 6) is -2.96. The Morgan fingerprint density at radius 3 is 2.25 bits per heavy atom. The summed E-state index contributed by atoms with van der Waals surface area (Å²) in [4.78, 5) is 20.8. The van der Waals surface area contributed by atoms with Gasteiger partial charge in [0.2, 0.25) is 5.91 Å². The second kappa shape index (κ2) is 9.97. The Balaban J connectivity index is 0.000000480. The van der Waals surface area contributed by atoms with E-state index in [1.165, 1.54) is 6.07 Å². The quantitative estimate of drug-likeness (QED) is 0.633. The van der Waals surface area contributed by atoms with E-state index in [0.29, 0.717) is 0 Å². The number of aliphatic carboxylic acids is 1. The minimum atomic E-state index is -5.08. The van der Waals surface area contributed by atoms with Crippen molar-refractivity contribution in [3.05, 3.63) is 34.3 Å². The lowest BCUT2D eigenvalue weighted by molar-refractivity contribution is -0.192. The highest BCUT2D eigenvalue weighted by Gasteiger charge is 2.38. The number of carboxylic acids is 1. The first-order chi connectivity index (χ1) is 12.8. The van der Waals surface area contributed by atoms with E-state index in [0.717, 1.165) is 37.9 Å². The largest absolute Gasteiger partial charge is 0.490 e. The van der Waals surface area contributed by atoms with Crippen LogP contribution in [-0.2, 0) is 22.3 Å². The molecular formula is C16H17ClF6N2O3. The average Bonchev–Trinajstić information content (AvgIpc) is 2.60. The van der Waals surface area contributed by atoms with Crippen LogP contribution in [0.25, 0.3) is 0 Å². The minimum Gasteiger partial charge on any atom is -0.475 e. The van der Waals surface area contributed by atoms with Gasteiger partial charge in [0.05, 0.1) is 11.6 Å². The van der Waals surface area contributed by atoms with Crippen molar-refractivity contribution in [2.45, 2.75) is 44.2 Å². The molecule has 0 aliphatic carbocycles. The van der Waals surface area contributed by atoms with Gasteiger partial charge in [0.25, 0.3) is 0 Å². The molecule has 0 spiro atoms. The van der Waals surface area contributed by atoms with Crippen LogP contribution in [0.4, 0.5) is 26.3 Å². The first-order valence-corrected chi connectivity index (χ1v) is 8.37. The van der Waals surface area contributed by atoms with E-state index in [1.54, 1.807) is 0 Å². The zero-order valence-electron chi connectivity index (χ0n) is 14.3. The third kappa shape index (κ3) is 7.93. The Morgan fingerprint density at radius 2 is 1.79 bits per heavy atom. The summed E-state index contributed by atoms with van der Waals surface area (Å²) < 4.78 is 69.7. The Kier molecular flexibility index (Phi) is 8.55. The molecule has 2 rings (SSSR count). The van der Waals surface area contributed by atoms with Crippen LogP contribution in [-0.4, -0.2) is 35.7 Å². The first kappa shape index (κ1) is 24.0. The van der Waals surface area contributed by atoms with Gasteiger partial charge in [0, 0.05) is 11.6 Å². The predicted molar refractivity (Wildman–Crippen MR) is 87.6 cm³/mol. The van der Waals surface area contributed by atoms with Crippen LogP contribution < -0.4 is 10.6 Å². The van der Waals surface area contributed by atoms with Crippen LogP contribution in [0.2, 0.25) is 5.02 Å². The predicted octanol–water partition coefficient (Wildman–Crippen LogP) is 3.75. The van der Waals surface area contributed by atoms with Crippen LogP contribution in [0, 0.1) is 0 Å². The van der Waals surface area contributed by atoms with Gasteiger partial charge in [0.1, 0.15) is 0 Å². The molecule has 1 aliphatic heterocycles. The standard InChI is InChI=1S/C14H16ClF3N2O.C2HF3O2/c15-11-5-4-10(14(16,17)18)7-9(11)8-20-13(21)12-3-1-2-6-19-12;3-2(4,5)1(6)7/h4-5,7,12,19H,1-3,6,8H2,(H,20,21);(H,6,7). The molecule has 1 atom stereocenters. The number of rotatable bonds is 3. The Labute approximate surface area is 161 Å². The van der Waals surface area contributed by atoms with E-state index in [2.05, 4.69) is 10.6 Å². The average molecular weight is 435 g/mol. The molecule has 0 aromatic heterocycles. The van der Waals surface area contributed by atoms with Gasteiger partial charge in [-0.25, -0.2) is 4.79 Å². The van der Waals surface area contributed by atoms with Gasteiger partial charge < -0.3 is 15.7 Å². The lowest BCUT2D eigenvalue weighted by Gasteiger charge is -2.22. The fourth-order valence-corrected chi connectivity index (χ4v) is 2.45. The fraction of sp³-hybridized carbons (Fsp3) is 0.500. The molecule has 1 saturated heterocycles. The normalized spacial score (nSPS) is 17.3. The second-order valence-corrected chi connectivity index (χ2v) is 6.23. The van der Waals surface area contributed by atoms with Gasteiger partial charge in [-0.3, -0.25) is 4.79 Å². The smallest absolute Gasteiger partial charge is 0.475 e. The maximum Gasteiger partial charge on any atom is 0.490 e. The molecule has 12 heteroatoms. The lowest BCUT2D eigenvalue weighted by atomic mass is 10.0. The Morgan fingerprint density at radius 1 is 1.18 bits per heavy atom. The lowest BCUT2D eigenvalue weighted by Crippen LogP contribution is -2.46. The molecule has 1 unspecified atom stereocenters. The third-order valence-electron chi connectivity index (χ3n) is 3.70. The van der Waals surface area contributed by atoms with Crippen LogP contribution >= 0.6 is 11.6 Å².